The van der Waals surface area contributed by atoms with Crippen molar-refractivity contribution in [1.29, 1.82) is 0 Å². The second-order valence-corrected chi connectivity index (χ2v) is 6.57. The molecule has 1 aliphatic rings. The Morgan fingerprint density at radius 2 is 1.95 bits per heavy atom. The molecular weight excluding hydrogens is 258 g/mol. The lowest BCUT2D eigenvalue weighted by atomic mass is 9.98. The van der Waals surface area contributed by atoms with E-state index in [0.717, 1.165) is 31.1 Å². The van der Waals surface area contributed by atoms with E-state index in [1.807, 2.05) is 0 Å². The van der Waals surface area contributed by atoms with E-state index >= 15 is 0 Å². The molecule has 1 aliphatic heterocycles. The average molecular weight is 289 g/mol. The van der Waals surface area contributed by atoms with E-state index in [-0.39, 0.29) is 0 Å². The zero-order valence-electron chi connectivity index (χ0n) is 14.0. The van der Waals surface area contributed by atoms with E-state index < -0.39 is 0 Å². The molecule has 0 saturated carbocycles. The highest BCUT2D eigenvalue weighted by molar-refractivity contribution is 5.35. The predicted octanol–water partition coefficient (Wildman–Crippen LogP) is 4.70. The molecule has 118 valence electrons. The molecular formula is C19H31NO. The summed E-state index contributed by atoms with van der Waals surface area (Å²) >= 11 is 0. The summed E-state index contributed by atoms with van der Waals surface area (Å²) < 4.78 is 6.05. The van der Waals surface area contributed by atoms with Crippen LogP contribution in [0, 0.1) is 5.92 Å². The highest BCUT2D eigenvalue weighted by Gasteiger charge is 2.15. The van der Waals surface area contributed by atoms with Gasteiger partial charge in [0.05, 0.1) is 6.61 Å². The topological polar surface area (TPSA) is 12.5 Å². The molecule has 1 atom stereocenters. The van der Waals surface area contributed by atoms with Crippen LogP contribution in [-0.4, -0.2) is 31.1 Å². The van der Waals surface area contributed by atoms with Crippen molar-refractivity contribution >= 4 is 0 Å². The van der Waals surface area contributed by atoms with Crippen LogP contribution in [0.15, 0.2) is 24.3 Å². The van der Waals surface area contributed by atoms with E-state index in [0.29, 0.717) is 5.92 Å². The Balaban J connectivity index is 1.73. The zero-order valence-corrected chi connectivity index (χ0v) is 14.0. The fourth-order valence-corrected chi connectivity index (χ4v) is 2.99. The molecule has 0 aromatic heterocycles. The lowest BCUT2D eigenvalue weighted by molar-refractivity contribution is 0.177. The molecule has 0 amide bonds. The highest BCUT2D eigenvalue weighted by atomic mass is 16.5. The van der Waals surface area contributed by atoms with E-state index in [2.05, 4.69) is 49.9 Å². The van der Waals surface area contributed by atoms with Crippen molar-refractivity contribution < 1.29 is 4.74 Å². The van der Waals surface area contributed by atoms with Crippen LogP contribution >= 0.6 is 0 Å². The normalized spacial score (nSPS) is 18.6. The summed E-state index contributed by atoms with van der Waals surface area (Å²) in [5.41, 5.74) is 1.35. The van der Waals surface area contributed by atoms with Crippen molar-refractivity contribution in [3.8, 4) is 5.75 Å². The quantitative estimate of drug-likeness (QED) is 0.675. The van der Waals surface area contributed by atoms with Gasteiger partial charge in [-0.05, 0) is 62.2 Å². The Morgan fingerprint density at radius 1 is 1.24 bits per heavy atom. The number of likely N-dealkylation sites (tertiary alicyclic amines) is 1. The molecule has 0 aliphatic carbocycles. The minimum absolute atomic E-state index is 0.574. The van der Waals surface area contributed by atoms with Gasteiger partial charge in [-0.2, -0.15) is 0 Å². The van der Waals surface area contributed by atoms with Crippen LogP contribution in [0.2, 0.25) is 0 Å². The summed E-state index contributed by atoms with van der Waals surface area (Å²) in [4.78, 5) is 2.59. The van der Waals surface area contributed by atoms with Gasteiger partial charge in [0.25, 0.3) is 0 Å². The minimum Gasteiger partial charge on any atom is -0.493 e. The summed E-state index contributed by atoms with van der Waals surface area (Å²) in [6.07, 6.45) is 5.00. The van der Waals surface area contributed by atoms with Gasteiger partial charge < -0.3 is 9.64 Å². The molecule has 2 rings (SSSR count). The Morgan fingerprint density at radius 3 is 2.67 bits per heavy atom. The summed E-state index contributed by atoms with van der Waals surface area (Å²) in [5.74, 6) is 2.57. The molecule has 0 bridgehead atoms. The Hall–Kier alpha value is -1.02. The van der Waals surface area contributed by atoms with Gasteiger partial charge in [0.1, 0.15) is 5.75 Å². The summed E-state index contributed by atoms with van der Waals surface area (Å²) in [7, 11) is 0. The third-order valence-electron chi connectivity index (χ3n) is 4.81. The Bertz CT molecular complexity index is 410. The molecule has 1 unspecified atom stereocenters. The number of ether oxygens (including phenoxy) is 1. The van der Waals surface area contributed by atoms with Crippen molar-refractivity contribution in [3.63, 3.8) is 0 Å². The van der Waals surface area contributed by atoms with Crippen LogP contribution in [0.3, 0.4) is 0 Å². The lowest BCUT2D eigenvalue weighted by Crippen LogP contribution is -2.34. The first-order chi connectivity index (χ1) is 10.2. The SMILES string of the molecule is CCC(C)c1ccccc1OCCCN1CCC(C)CC1. The molecule has 0 N–H and O–H groups in total. The Kier molecular flexibility index (Phi) is 6.56. The molecule has 1 heterocycles. The molecule has 21 heavy (non-hydrogen) atoms. The molecule has 1 fully saturated rings. The van der Waals surface area contributed by atoms with Crippen LogP contribution in [0.1, 0.15) is 57.9 Å². The summed E-state index contributed by atoms with van der Waals surface area (Å²) in [6.45, 7) is 11.4. The lowest BCUT2D eigenvalue weighted by Gasteiger charge is -2.30. The first-order valence-corrected chi connectivity index (χ1v) is 8.64. The molecule has 0 radical (unpaired) electrons. The number of rotatable bonds is 7. The first kappa shape index (κ1) is 16.4. The molecule has 2 nitrogen and oxygen atoms in total. The van der Waals surface area contributed by atoms with Crippen LogP contribution in [0.5, 0.6) is 5.75 Å². The maximum atomic E-state index is 6.05. The summed E-state index contributed by atoms with van der Waals surface area (Å²) in [6, 6.07) is 8.51. The van der Waals surface area contributed by atoms with Gasteiger partial charge >= 0.3 is 0 Å². The van der Waals surface area contributed by atoms with Crippen molar-refractivity contribution in [3.05, 3.63) is 29.8 Å². The van der Waals surface area contributed by atoms with Gasteiger partial charge in [-0.3, -0.25) is 0 Å². The maximum absolute atomic E-state index is 6.05. The van der Waals surface area contributed by atoms with Gasteiger partial charge in [-0.25, -0.2) is 0 Å². The largest absolute Gasteiger partial charge is 0.493 e. The third-order valence-corrected chi connectivity index (χ3v) is 4.81. The molecule has 1 saturated heterocycles. The second kappa shape index (κ2) is 8.43. The van der Waals surface area contributed by atoms with Crippen LogP contribution in [0.4, 0.5) is 0 Å². The van der Waals surface area contributed by atoms with Crippen LogP contribution in [-0.2, 0) is 0 Å². The number of nitrogens with zero attached hydrogens (tertiary/aromatic N) is 1. The van der Waals surface area contributed by atoms with E-state index in [1.54, 1.807) is 0 Å². The molecule has 1 aromatic rings. The van der Waals surface area contributed by atoms with Crippen molar-refractivity contribution in [2.45, 2.75) is 52.4 Å². The van der Waals surface area contributed by atoms with E-state index in [1.165, 1.54) is 38.0 Å². The standard InChI is InChI=1S/C19H31NO/c1-4-17(3)18-8-5-6-9-19(18)21-15-7-12-20-13-10-16(2)11-14-20/h5-6,8-9,16-17H,4,7,10-15H2,1-3H3. The van der Waals surface area contributed by atoms with Crippen molar-refractivity contribution in [1.82, 2.24) is 4.90 Å². The zero-order chi connectivity index (χ0) is 15.1. The molecule has 1 aromatic carbocycles. The average Bonchev–Trinajstić information content (AvgIpc) is 2.53. The molecule has 2 heteroatoms. The fraction of sp³-hybridized carbons (Fsp3) is 0.684. The van der Waals surface area contributed by atoms with Crippen LogP contribution < -0.4 is 4.74 Å². The van der Waals surface area contributed by atoms with Crippen LogP contribution in [0.25, 0.3) is 0 Å². The predicted molar refractivity (Wildman–Crippen MR) is 90.1 cm³/mol. The number of hydrogen-bond donors (Lipinski definition) is 0. The number of benzene rings is 1. The van der Waals surface area contributed by atoms with E-state index in [9.17, 15) is 0 Å². The van der Waals surface area contributed by atoms with Crippen molar-refractivity contribution in [2.24, 2.45) is 5.92 Å². The monoisotopic (exact) mass is 289 g/mol. The maximum Gasteiger partial charge on any atom is 0.122 e. The van der Waals surface area contributed by atoms with Gasteiger partial charge in [-0.15, -0.1) is 0 Å². The Labute approximate surface area is 130 Å². The number of hydrogen-bond acceptors (Lipinski definition) is 2. The highest BCUT2D eigenvalue weighted by Crippen LogP contribution is 2.28. The first-order valence-electron chi connectivity index (χ1n) is 8.64. The van der Waals surface area contributed by atoms with E-state index in [4.69, 9.17) is 4.74 Å². The minimum atomic E-state index is 0.574. The fourth-order valence-electron chi connectivity index (χ4n) is 2.99. The molecule has 0 spiro atoms. The van der Waals surface area contributed by atoms with Gasteiger partial charge in [0.15, 0.2) is 0 Å². The smallest absolute Gasteiger partial charge is 0.122 e. The van der Waals surface area contributed by atoms with Gasteiger partial charge in [0.2, 0.25) is 0 Å². The van der Waals surface area contributed by atoms with Crippen molar-refractivity contribution in [2.75, 3.05) is 26.2 Å². The number of para-hydroxylation sites is 1. The number of piperidine rings is 1. The second-order valence-electron chi connectivity index (χ2n) is 6.57. The third kappa shape index (κ3) is 5.03. The summed E-state index contributed by atoms with van der Waals surface area (Å²) in [5, 5.41) is 0. The van der Waals surface area contributed by atoms with Gasteiger partial charge in [-0.1, -0.05) is 39.0 Å². The van der Waals surface area contributed by atoms with Gasteiger partial charge in [0, 0.05) is 6.54 Å².